The van der Waals surface area contributed by atoms with Crippen LogP contribution in [0.4, 0.5) is 23.4 Å². The zero-order valence-corrected chi connectivity index (χ0v) is 10.5. The first kappa shape index (κ1) is 13.7. The van der Waals surface area contributed by atoms with E-state index >= 15 is 0 Å². The van der Waals surface area contributed by atoms with Crippen molar-refractivity contribution < 1.29 is 17.6 Å². The van der Waals surface area contributed by atoms with Gasteiger partial charge in [-0.1, -0.05) is 11.8 Å². The lowest BCUT2D eigenvalue weighted by molar-refractivity contribution is 0.550. The fraction of sp³-hybridized carbons (Fsp3) is 0.0833. The smallest absolute Gasteiger partial charge is 0.168 e. The van der Waals surface area contributed by atoms with Gasteiger partial charge in [0.15, 0.2) is 17.5 Å². The van der Waals surface area contributed by atoms with E-state index in [4.69, 9.17) is 0 Å². The Hall–Kier alpha value is -1.76. The standard InChI is InChI=1S/C12H8F4N2S/c1-17-11-8(15)5-9(16)12(18-11)19-10-3-2-6(13)4-7(10)14/h2-5H,1H3,(H,17,18). The SMILES string of the molecule is CNc1nc(Sc2ccc(F)cc2F)c(F)cc1F. The summed E-state index contributed by atoms with van der Waals surface area (Å²) in [5, 5.41) is 2.25. The lowest BCUT2D eigenvalue weighted by Gasteiger charge is -2.07. The normalized spacial score (nSPS) is 10.6. The molecule has 7 heteroatoms. The Morgan fingerprint density at radius 1 is 1.00 bits per heavy atom. The molecular formula is C12H8F4N2S. The first-order valence-electron chi connectivity index (χ1n) is 5.18. The van der Waals surface area contributed by atoms with Gasteiger partial charge in [0.05, 0.1) is 0 Å². The molecule has 0 bridgehead atoms. The van der Waals surface area contributed by atoms with Crippen LogP contribution in [0.2, 0.25) is 0 Å². The Morgan fingerprint density at radius 3 is 2.37 bits per heavy atom. The van der Waals surface area contributed by atoms with E-state index in [1.54, 1.807) is 0 Å². The lowest BCUT2D eigenvalue weighted by Crippen LogP contribution is -2.00. The van der Waals surface area contributed by atoms with Crippen LogP contribution in [-0.4, -0.2) is 12.0 Å². The summed E-state index contributed by atoms with van der Waals surface area (Å²) in [5.74, 6) is -3.47. The highest BCUT2D eigenvalue weighted by molar-refractivity contribution is 7.99. The number of pyridine rings is 1. The van der Waals surface area contributed by atoms with Gasteiger partial charge in [0.25, 0.3) is 0 Å². The Kier molecular flexibility index (Phi) is 3.94. The van der Waals surface area contributed by atoms with E-state index < -0.39 is 23.3 Å². The van der Waals surface area contributed by atoms with Crippen molar-refractivity contribution in [1.29, 1.82) is 0 Å². The minimum absolute atomic E-state index is 0.00135. The molecule has 0 aliphatic rings. The number of nitrogens with one attached hydrogen (secondary N) is 1. The second kappa shape index (κ2) is 5.48. The van der Waals surface area contributed by atoms with Crippen LogP contribution in [0.3, 0.4) is 0 Å². The van der Waals surface area contributed by atoms with Gasteiger partial charge < -0.3 is 5.32 Å². The Morgan fingerprint density at radius 2 is 1.74 bits per heavy atom. The van der Waals surface area contributed by atoms with E-state index in [-0.39, 0.29) is 15.7 Å². The van der Waals surface area contributed by atoms with Crippen LogP contribution in [0.25, 0.3) is 0 Å². The van der Waals surface area contributed by atoms with E-state index in [0.29, 0.717) is 23.9 Å². The number of rotatable bonds is 3. The van der Waals surface area contributed by atoms with E-state index in [1.807, 2.05) is 0 Å². The third-order valence-electron chi connectivity index (χ3n) is 2.23. The molecule has 0 spiro atoms. The van der Waals surface area contributed by atoms with Crippen molar-refractivity contribution in [2.45, 2.75) is 9.92 Å². The van der Waals surface area contributed by atoms with Crippen molar-refractivity contribution in [3.05, 3.63) is 47.5 Å². The Bertz CT molecular complexity index is 619. The van der Waals surface area contributed by atoms with Gasteiger partial charge in [-0.2, -0.15) is 0 Å². The second-order valence-electron chi connectivity index (χ2n) is 3.53. The summed E-state index contributed by atoms with van der Waals surface area (Å²) in [4.78, 5) is 3.69. The van der Waals surface area contributed by atoms with Crippen LogP contribution in [0, 0.1) is 23.3 Å². The molecule has 0 amide bonds. The van der Waals surface area contributed by atoms with Crippen molar-refractivity contribution >= 4 is 17.6 Å². The third-order valence-corrected chi connectivity index (χ3v) is 3.27. The summed E-state index contributed by atoms with van der Waals surface area (Å²) < 4.78 is 52.9. The van der Waals surface area contributed by atoms with Gasteiger partial charge in [-0.05, 0) is 12.1 Å². The first-order valence-corrected chi connectivity index (χ1v) is 5.99. The number of hydrogen-bond donors (Lipinski definition) is 1. The van der Waals surface area contributed by atoms with E-state index in [2.05, 4.69) is 10.3 Å². The maximum Gasteiger partial charge on any atom is 0.168 e. The summed E-state index contributed by atoms with van der Waals surface area (Å²) in [6, 6.07) is 3.55. The van der Waals surface area contributed by atoms with Gasteiger partial charge in [-0.25, -0.2) is 22.5 Å². The molecule has 1 aromatic heterocycles. The molecule has 2 nitrogen and oxygen atoms in total. The first-order chi connectivity index (χ1) is 9.01. The predicted octanol–water partition coefficient (Wildman–Crippen LogP) is 3.83. The number of nitrogens with zero attached hydrogens (tertiary/aromatic N) is 1. The fourth-order valence-electron chi connectivity index (χ4n) is 1.36. The summed E-state index contributed by atoms with van der Waals surface area (Å²) in [6.07, 6.45) is 0. The molecule has 0 aliphatic carbocycles. The van der Waals surface area contributed by atoms with E-state index in [9.17, 15) is 17.6 Å². The Labute approximate surface area is 110 Å². The second-order valence-corrected chi connectivity index (χ2v) is 4.56. The molecule has 0 atom stereocenters. The maximum absolute atomic E-state index is 13.5. The molecule has 0 saturated carbocycles. The molecule has 0 radical (unpaired) electrons. The van der Waals surface area contributed by atoms with Crippen molar-refractivity contribution in [3.63, 3.8) is 0 Å². The van der Waals surface area contributed by atoms with Crippen LogP contribution in [-0.2, 0) is 0 Å². The Balaban J connectivity index is 2.37. The molecule has 0 unspecified atom stereocenters. The molecule has 2 rings (SSSR count). The van der Waals surface area contributed by atoms with Crippen LogP contribution < -0.4 is 5.32 Å². The number of aromatic nitrogens is 1. The zero-order valence-electron chi connectivity index (χ0n) is 9.68. The number of halogens is 4. The van der Waals surface area contributed by atoms with Crippen molar-refractivity contribution in [1.82, 2.24) is 4.98 Å². The van der Waals surface area contributed by atoms with Crippen molar-refractivity contribution in [3.8, 4) is 0 Å². The van der Waals surface area contributed by atoms with Gasteiger partial charge in [0.1, 0.15) is 16.7 Å². The highest BCUT2D eigenvalue weighted by Crippen LogP contribution is 2.32. The maximum atomic E-state index is 13.5. The molecule has 1 aromatic carbocycles. The molecule has 0 fully saturated rings. The monoisotopic (exact) mass is 288 g/mol. The largest absolute Gasteiger partial charge is 0.371 e. The summed E-state index contributed by atoms with van der Waals surface area (Å²) in [7, 11) is 1.43. The molecular weight excluding hydrogens is 280 g/mol. The fourth-order valence-corrected chi connectivity index (χ4v) is 2.15. The van der Waals surface area contributed by atoms with Gasteiger partial charge >= 0.3 is 0 Å². The highest BCUT2D eigenvalue weighted by Gasteiger charge is 2.14. The third kappa shape index (κ3) is 2.98. The van der Waals surface area contributed by atoms with Gasteiger partial charge in [-0.15, -0.1) is 0 Å². The number of benzene rings is 1. The molecule has 2 aromatic rings. The molecule has 100 valence electrons. The molecule has 19 heavy (non-hydrogen) atoms. The summed E-state index contributed by atoms with van der Waals surface area (Å²) in [5.41, 5.74) is 0. The number of anilines is 1. The average Bonchev–Trinajstić information content (AvgIpc) is 2.35. The minimum atomic E-state index is -0.912. The van der Waals surface area contributed by atoms with E-state index in [0.717, 1.165) is 6.07 Å². The molecule has 1 heterocycles. The van der Waals surface area contributed by atoms with Crippen LogP contribution in [0.1, 0.15) is 0 Å². The number of hydrogen-bond acceptors (Lipinski definition) is 3. The van der Waals surface area contributed by atoms with Crippen LogP contribution >= 0.6 is 11.8 Å². The van der Waals surface area contributed by atoms with Gasteiger partial charge in [0, 0.05) is 24.1 Å². The molecule has 0 saturated heterocycles. The van der Waals surface area contributed by atoms with Crippen molar-refractivity contribution in [2.24, 2.45) is 0 Å². The predicted molar refractivity (Wildman–Crippen MR) is 64.2 cm³/mol. The highest BCUT2D eigenvalue weighted by atomic mass is 32.2. The lowest BCUT2D eigenvalue weighted by atomic mass is 10.3. The molecule has 1 N–H and O–H groups in total. The zero-order chi connectivity index (χ0) is 14.0. The van der Waals surface area contributed by atoms with E-state index in [1.165, 1.54) is 13.1 Å². The van der Waals surface area contributed by atoms with Crippen LogP contribution in [0.15, 0.2) is 34.2 Å². The molecule has 0 aliphatic heterocycles. The summed E-state index contributed by atoms with van der Waals surface area (Å²) in [6.45, 7) is 0. The quantitative estimate of drug-likeness (QED) is 0.869. The summed E-state index contributed by atoms with van der Waals surface area (Å²) >= 11 is 0.653. The van der Waals surface area contributed by atoms with Crippen molar-refractivity contribution in [2.75, 3.05) is 12.4 Å². The van der Waals surface area contributed by atoms with Crippen LogP contribution in [0.5, 0.6) is 0 Å². The average molecular weight is 288 g/mol. The topological polar surface area (TPSA) is 24.9 Å². The van der Waals surface area contributed by atoms with Gasteiger partial charge in [0.2, 0.25) is 0 Å². The van der Waals surface area contributed by atoms with Gasteiger partial charge in [-0.3, -0.25) is 0 Å². The minimum Gasteiger partial charge on any atom is -0.371 e.